The van der Waals surface area contributed by atoms with Gasteiger partial charge in [0.05, 0.1) is 5.69 Å². The molecular formula is C16H12ClNO. The van der Waals surface area contributed by atoms with E-state index in [2.05, 4.69) is 4.98 Å². The molecule has 0 radical (unpaired) electrons. The van der Waals surface area contributed by atoms with Gasteiger partial charge in [-0.25, -0.2) is 0 Å². The molecule has 0 spiro atoms. The Hall–Kier alpha value is -2.06. The zero-order valence-corrected chi connectivity index (χ0v) is 11.2. The summed E-state index contributed by atoms with van der Waals surface area (Å²) in [5, 5.41) is 1.64. The molecule has 1 aromatic heterocycles. The molecule has 0 aliphatic rings. The average Bonchev–Trinajstić information content (AvgIpc) is 2.78. The summed E-state index contributed by atoms with van der Waals surface area (Å²) in [6.45, 7) is 1.57. The quantitative estimate of drug-likeness (QED) is 0.673. The van der Waals surface area contributed by atoms with Crippen LogP contribution in [0, 0.1) is 0 Å². The van der Waals surface area contributed by atoms with Crippen molar-refractivity contribution in [1.29, 1.82) is 0 Å². The van der Waals surface area contributed by atoms with Gasteiger partial charge >= 0.3 is 0 Å². The molecule has 1 heterocycles. The second-order valence-electron chi connectivity index (χ2n) is 4.49. The molecule has 0 aliphatic heterocycles. The lowest BCUT2D eigenvalue weighted by atomic mass is 10.0. The number of aromatic nitrogens is 1. The van der Waals surface area contributed by atoms with Crippen LogP contribution in [0.3, 0.4) is 0 Å². The van der Waals surface area contributed by atoms with Crippen molar-refractivity contribution in [1.82, 2.24) is 4.98 Å². The van der Waals surface area contributed by atoms with Gasteiger partial charge in [0, 0.05) is 28.4 Å². The van der Waals surface area contributed by atoms with Crippen LogP contribution in [-0.2, 0) is 0 Å². The maximum atomic E-state index is 11.8. The van der Waals surface area contributed by atoms with Crippen molar-refractivity contribution in [3.05, 3.63) is 59.2 Å². The first kappa shape index (κ1) is 12.0. The van der Waals surface area contributed by atoms with Crippen LogP contribution < -0.4 is 0 Å². The second-order valence-corrected chi connectivity index (χ2v) is 4.92. The first-order chi connectivity index (χ1) is 9.16. The zero-order valence-electron chi connectivity index (χ0n) is 10.4. The van der Waals surface area contributed by atoms with Crippen molar-refractivity contribution in [2.24, 2.45) is 0 Å². The Kier molecular flexibility index (Phi) is 2.88. The fourth-order valence-electron chi connectivity index (χ4n) is 2.33. The molecular weight excluding hydrogens is 258 g/mol. The van der Waals surface area contributed by atoms with Crippen LogP contribution in [0.15, 0.2) is 48.5 Å². The third-order valence-electron chi connectivity index (χ3n) is 3.18. The minimum Gasteiger partial charge on any atom is -0.352 e. The van der Waals surface area contributed by atoms with Gasteiger partial charge in [0.2, 0.25) is 0 Å². The summed E-state index contributed by atoms with van der Waals surface area (Å²) in [5.74, 6) is 0.0196. The molecule has 3 aromatic rings. The summed E-state index contributed by atoms with van der Waals surface area (Å²) in [5.41, 5.74) is 3.49. The molecule has 1 N–H and O–H groups in total. The van der Waals surface area contributed by atoms with E-state index < -0.39 is 0 Å². The lowest BCUT2D eigenvalue weighted by Crippen LogP contribution is -1.94. The third kappa shape index (κ3) is 2.04. The number of carbonyl (C=O) groups excluding carboxylic acids is 1. The average molecular weight is 270 g/mol. The predicted octanol–water partition coefficient (Wildman–Crippen LogP) is 4.69. The molecule has 94 valence electrons. The van der Waals surface area contributed by atoms with Gasteiger partial charge in [-0.05, 0) is 23.8 Å². The molecule has 0 unspecified atom stereocenters. The second kappa shape index (κ2) is 4.56. The Morgan fingerprint density at radius 1 is 1.11 bits per heavy atom. The number of benzene rings is 2. The number of carbonyl (C=O) groups is 1. The van der Waals surface area contributed by atoms with E-state index in [4.69, 9.17) is 11.6 Å². The fourth-order valence-corrected chi connectivity index (χ4v) is 2.50. The maximum Gasteiger partial charge on any atom is 0.176 e. The number of ketones is 1. The molecule has 0 amide bonds. The molecule has 2 aromatic carbocycles. The van der Waals surface area contributed by atoms with E-state index in [1.54, 1.807) is 6.92 Å². The van der Waals surface area contributed by atoms with E-state index in [0.717, 1.165) is 22.0 Å². The number of nitrogens with one attached hydrogen (secondary N) is 1. The van der Waals surface area contributed by atoms with Crippen LogP contribution in [-0.4, -0.2) is 10.8 Å². The molecule has 2 nitrogen and oxygen atoms in total. The Balaban J connectivity index is 2.40. The molecule has 0 aliphatic carbocycles. The Bertz CT molecular complexity index is 759. The van der Waals surface area contributed by atoms with E-state index in [-0.39, 0.29) is 5.78 Å². The van der Waals surface area contributed by atoms with Crippen LogP contribution in [0.2, 0.25) is 5.02 Å². The molecule has 3 rings (SSSR count). The predicted molar refractivity (Wildman–Crippen MR) is 78.7 cm³/mol. The molecule has 0 saturated carbocycles. The molecule has 0 bridgehead atoms. The van der Waals surface area contributed by atoms with E-state index in [0.29, 0.717) is 10.7 Å². The van der Waals surface area contributed by atoms with E-state index in [1.807, 2.05) is 48.5 Å². The van der Waals surface area contributed by atoms with Crippen molar-refractivity contribution in [3.63, 3.8) is 0 Å². The number of aromatic amines is 1. The first-order valence-electron chi connectivity index (χ1n) is 6.04. The summed E-state index contributed by atoms with van der Waals surface area (Å²) in [6.07, 6.45) is 0. The Morgan fingerprint density at radius 2 is 1.84 bits per heavy atom. The van der Waals surface area contributed by atoms with Gasteiger partial charge in [0.25, 0.3) is 0 Å². The van der Waals surface area contributed by atoms with Gasteiger partial charge in [-0.2, -0.15) is 0 Å². The molecule has 19 heavy (non-hydrogen) atoms. The summed E-state index contributed by atoms with van der Waals surface area (Å²) < 4.78 is 0. The maximum absolute atomic E-state index is 11.8. The first-order valence-corrected chi connectivity index (χ1v) is 6.42. The van der Waals surface area contributed by atoms with E-state index in [1.165, 1.54) is 0 Å². The molecule has 3 heteroatoms. The summed E-state index contributed by atoms with van der Waals surface area (Å²) >= 11 is 6.07. The SMILES string of the molecule is CC(=O)c1[nH]c2ccc(Cl)cc2c1-c1ccccc1. The Morgan fingerprint density at radius 3 is 2.53 bits per heavy atom. The van der Waals surface area contributed by atoms with Gasteiger partial charge < -0.3 is 4.98 Å². The van der Waals surface area contributed by atoms with Crippen LogP contribution >= 0.6 is 11.6 Å². The van der Waals surface area contributed by atoms with Crippen molar-refractivity contribution in [2.75, 3.05) is 0 Å². The standard InChI is InChI=1S/C16H12ClNO/c1-10(19)16-15(11-5-3-2-4-6-11)13-9-12(17)7-8-14(13)18-16/h2-9,18H,1H3. The number of H-pyrrole nitrogens is 1. The number of halogens is 1. The highest BCUT2D eigenvalue weighted by molar-refractivity contribution is 6.31. The van der Waals surface area contributed by atoms with E-state index >= 15 is 0 Å². The van der Waals surface area contributed by atoms with Crippen molar-refractivity contribution < 1.29 is 4.79 Å². The van der Waals surface area contributed by atoms with Crippen LogP contribution in [0.1, 0.15) is 17.4 Å². The number of hydrogen-bond donors (Lipinski definition) is 1. The minimum absolute atomic E-state index is 0.0196. The highest BCUT2D eigenvalue weighted by Gasteiger charge is 2.16. The summed E-state index contributed by atoms with van der Waals surface area (Å²) in [7, 11) is 0. The monoisotopic (exact) mass is 269 g/mol. The normalized spacial score (nSPS) is 10.8. The highest BCUT2D eigenvalue weighted by atomic mass is 35.5. The van der Waals surface area contributed by atoms with Crippen molar-refractivity contribution in [2.45, 2.75) is 6.92 Å². The van der Waals surface area contributed by atoms with Gasteiger partial charge in [-0.15, -0.1) is 0 Å². The Labute approximate surface area is 116 Å². The van der Waals surface area contributed by atoms with Gasteiger partial charge in [0.1, 0.15) is 0 Å². The summed E-state index contributed by atoms with van der Waals surface area (Å²) in [6, 6.07) is 15.5. The molecule has 0 saturated heterocycles. The third-order valence-corrected chi connectivity index (χ3v) is 3.41. The summed E-state index contributed by atoms with van der Waals surface area (Å²) in [4.78, 5) is 15.0. The lowest BCUT2D eigenvalue weighted by molar-refractivity contribution is 0.101. The van der Waals surface area contributed by atoms with Gasteiger partial charge in [-0.1, -0.05) is 41.9 Å². The van der Waals surface area contributed by atoms with Gasteiger partial charge in [0.15, 0.2) is 5.78 Å². The molecule has 0 atom stereocenters. The number of hydrogen-bond acceptors (Lipinski definition) is 1. The fraction of sp³-hybridized carbons (Fsp3) is 0.0625. The van der Waals surface area contributed by atoms with E-state index in [9.17, 15) is 4.79 Å². The highest BCUT2D eigenvalue weighted by Crippen LogP contribution is 2.34. The number of rotatable bonds is 2. The topological polar surface area (TPSA) is 32.9 Å². The van der Waals surface area contributed by atoms with Crippen LogP contribution in [0.4, 0.5) is 0 Å². The van der Waals surface area contributed by atoms with Crippen LogP contribution in [0.25, 0.3) is 22.0 Å². The van der Waals surface area contributed by atoms with Crippen molar-refractivity contribution >= 4 is 28.3 Å². The molecule has 0 fully saturated rings. The lowest BCUT2D eigenvalue weighted by Gasteiger charge is -2.02. The van der Waals surface area contributed by atoms with Crippen molar-refractivity contribution in [3.8, 4) is 11.1 Å². The van der Waals surface area contributed by atoms with Gasteiger partial charge in [-0.3, -0.25) is 4.79 Å². The van der Waals surface area contributed by atoms with Crippen LogP contribution in [0.5, 0.6) is 0 Å². The number of fused-ring (bicyclic) bond motifs is 1. The minimum atomic E-state index is 0.0196. The number of Topliss-reactive ketones (excluding diaryl/α,β-unsaturated/α-hetero) is 1. The zero-order chi connectivity index (χ0) is 13.4. The smallest absolute Gasteiger partial charge is 0.176 e. The largest absolute Gasteiger partial charge is 0.352 e.